The molecule has 0 atom stereocenters. The normalized spacial score (nSPS) is 11.7. The van der Waals surface area contributed by atoms with Gasteiger partial charge < -0.3 is 4.74 Å². The van der Waals surface area contributed by atoms with Crippen molar-refractivity contribution in [1.82, 2.24) is 0 Å². The average Bonchev–Trinajstić information content (AvgIpc) is 2.99. The van der Waals surface area contributed by atoms with E-state index in [4.69, 9.17) is 9.73 Å². The molecule has 0 amide bonds. The van der Waals surface area contributed by atoms with E-state index in [1.807, 2.05) is 66.9 Å². The first kappa shape index (κ1) is 29.7. The highest BCUT2D eigenvalue weighted by Crippen LogP contribution is 2.34. The molecule has 0 fully saturated rings. The summed E-state index contributed by atoms with van der Waals surface area (Å²) in [5, 5.41) is 11.0. The number of ether oxygens (including phenoxy) is 1. The summed E-state index contributed by atoms with van der Waals surface area (Å²) >= 11 is 3.45. The zero-order chi connectivity index (χ0) is 27.8. The lowest BCUT2D eigenvalue weighted by molar-refractivity contribution is 0.304. The van der Waals surface area contributed by atoms with Crippen LogP contribution in [0.15, 0.2) is 105 Å². The Kier molecular flexibility index (Phi) is 12.4. The molecule has 40 heavy (non-hydrogen) atoms. The standard InChI is InChI=1S/C35H40BrN3O/c1-2-3-4-5-6-7-8-9-10-13-26-40-31-22-16-28(17-23-31)27-37-34-24-25-35(33-15-12-11-14-32(33)34)39-38-30-20-18-29(36)19-21-30/h11-12,14-25,27H,2-10,13,26H2,1H3. The van der Waals surface area contributed by atoms with Gasteiger partial charge in [-0.2, -0.15) is 5.11 Å². The summed E-state index contributed by atoms with van der Waals surface area (Å²) < 4.78 is 6.98. The molecule has 0 aliphatic carbocycles. The van der Waals surface area contributed by atoms with E-state index >= 15 is 0 Å². The molecule has 0 saturated carbocycles. The zero-order valence-corrected chi connectivity index (χ0v) is 25.2. The van der Waals surface area contributed by atoms with Gasteiger partial charge in [0.1, 0.15) is 5.75 Å². The number of hydrogen-bond acceptors (Lipinski definition) is 4. The third-order valence-corrected chi connectivity index (χ3v) is 7.51. The Morgan fingerprint density at radius 3 is 1.90 bits per heavy atom. The fraction of sp³-hybridized carbons (Fsp3) is 0.343. The minimum atomic E-state index is 0.779. The van der Waals surface area contributed by atoms with E-state index in [2.05, 4.69) is 57.3 Å². The fourth-order valence-electron chi connectivity index (χ4n) is 4.66. The van der Waals surface area contributed by atoms with Gasteiger partial charge in [0.2, 0.25) is 0 Å². The van der Waals surface area contributed by atoms with Crippen LogP contribution in [0.2, 0.25) is 0 Å². The number of halogens is 1. The Hall–Kier alpha value is -3.31. The molecule has 0 N–H and O–H groups in total. The molecule has 4 rings (SSSR count). The molecule has 5 heteroatoms. The van der Waals surface area contributed by atoms with Crippen molar-refractivity contribution in [1.29, 1.82) is 0 Å². The quantitative estimate of drug-likeness (QED) is 0.0719. The lowest BCUT2D eigenvalue weighted by Gasteiger charge is -2.07. The first-order chi connectivity index (χ1) is 19.7. The van der Waals surface area contributed by atoms with Crippen LogP contribution in [-0.2, 0) is 0 Å². The van der Waals surface area contributed by atoms with Crippen LogP contribution in [0, 0.1) is 0 Å². The molecule has 4 aromatic carbocycles. The Morgan fingerprint density at radius 2 is 1.23 bits per heavy atom. The molecule has 4 nitrogen and oxygen atoms in total. The second-order valence-electron chi connectivity index (χ2n) is 10.2. The maximum Gasteiger partial charge on any atom is 0.119 e. The number of benzene rings is 4. The second kappa shape index (κ2) is 16.7. The van der Waals surface area contributed by atoms with Crippen molar-refractivity contribution in [3.8, 4) is 5.75 Å². The molecule has 208 valence electrons. The van der Waals surface area contributed by atoms with Crippen LogP contribution in [0.3, 0.4) is 0 Å². The number of azo groups is 1. The maximum absolute atomic E-state index is 5.96. The highest BCUT2D eigenvalue weighted by atomic mass is 79.9. The van der Waals surface area contributed by atoms with Crippen molar-refractivity contribution in [2.45, 2.75) is 71.1 Å². The van der Waals surface area contributed by atoms with Crippen LogP contribution in [0.25, 0.3) is 10.8 Å². The van der Waals surface area contributed by atoms with Crippen molar-refractivity contribution in [2.75, 3.05) is 6.61 Å². The van der Waals surface area contributed by atoms with Gasteiger partial charge in [-0.15, -0.1) is 5.11 Å². The van der Waals surface area contributed by atoms with Gasteiger partial charge in [0, 0.05) is 21.5 Å². The smallest absolute Gasteiger partial charge is 0.119 e. The van der Waals surface area contributed by atoms with Gasteiger partial charge in [0.25, 0.3) is 0 Å². The van der Waals surface area contributed by atoms with Crippen LogP contribution in [0.4, 0.5) is 17.1 Å². The molecule has 4 aromatic rings. The average molecular weight is 599 g/mol. The van der Waals surface area contributed by atoms with Crippen molar-refractivity contribution >= 4 is 50.0 Å². The molecule has 0 radical (unpaired) electrons. The van der Waals surface area contributed by atoms with Gasteiger partial charge in [-0.25, -0.2) is 0 Å². The van der Waals surface area contributed by atoms with Crippen molar-refractivity contribution in [3.05, 3.63) is 95.0 Å². The molecule has 0 unspecified atom stereocenters. The third-order valence-electron chi connectivity index (χ3n) is 6.98. The van der Waals surface area contributed by atoms with Crippen LogP contribution in [-0.4, -0.2) is 12.8 Å². The zero-order valence-electron chi connectivity index (χ0n) is 23.6. The predicted octanol–water partition coefficient (Wildman–Crippen LogP) is 12.1. The highest BCUT2D eigenvalue weighted by Gasteiger charge is 2.05. The molecule has 0 spiro atoms. The van der Waals surface area contributed by atoms with Crippen molar-refractivity contribution in [3.63, 3.8) is 0 Å². The SMILES string of the molecule is CCCCCCCCCCCCOc1ccc(C=Nc2ccc(N=Nc3ccc(Br)cc3)c3ccccc23)cc1. The number of aliphatic imine (C=N–C) groups is 1. The lowest BCUT2D eigenvalue weighted by atomic mass is 10.1. The van der Waals surface area contributed by atoms with Crippen molar-refractivity contribution < 1.29 is 4.74 Å². The molecule has 0 heterocycles. The largest absolute Gasteiger partial charge is 0.494 e. The molecular formula is C35H40BrN3O. The van der Waals surface area contributed by atoms with E-state index in [0.717, 1.165) is 56.6 Å². The number of fused-ring (bicyclic) bond motifs is 1. The second-order valence-corrected chi connectivity index (χ2v) is 11.1. The lowest BCUT2D eigenvalue weighted by Crippen LogP contribution is -1.97. The van der Waals surface area contributed by atoms with Crippen LogP contribution in [0.5, 0.6) is 5.75 Å². The third kappa shape index (κ3) is 9.71. The van der Waals surface area contributed by atoms with Gasteiger partial charge in [0.15, 0.2) is 0 Å². The van der Waals surface area contributed by atoms with Gasteiger partial charge in [-0.1, -0.05) is 105 Å². The summed E-state index contributed by atoms with van der Waals surface area (Å²) in [7, 11) is 0. The monoisotopic (exact) mass is 597 g/mol. The van der Waals surface area contributed by atoms with Gasteiger partial charge >= 0.3 is 0 Å². The molecule has 0 aliphatic heterocycles. The Bertz CT molecular complexity index is 1360. The van der Waals surface area contributed by atoms with E-state index in [1.165, 1.54) is 57.8 Å². The van der Waals surface area contributed by atoms with E-state index < -0.39 is 0 Å². The maximum atomic E-state index is 5.96. The molecule has 0 aliphatic rings. The minimum Gasteiger partial charge on any atom is -0.494 e. The summed E-state index contributed by atoms with van der Waals surface area (Å²) in [4.78, 5) is 4.79. The van der Waals surface area contributed by atoms with Gasteiger partial charge in [-0.3, -0.25) is 4.99 Å². The van der Waals surface area contributed by atoms with E-state index in [0.29, 0.717) is 0 Å². The number of rotatable bonds is 16. The fourth-order valence-corrected chi connectivity index (χ4v) is 4.92. The van der Waals surface area contributed by atoms with E-state index in [-0.39, 0.29) is 0 Å². The number of unbranched alkanes of at least 4 members (excludes halogenated alkanes) is 9. The van der Waals surface area contributed by atoms with Crippen LogP contribution in [0.1, 0.15) is 76.7 Å². The molecule has 0 saturated heterocycles. The minimum absolute atomic E-state index is 0.779. The Balaban J connectivity index is 1.26. The van der Waals surface area contributed by atoms with E-state index in [9.17, 15) is 0 Å². The van der Waals surface area contributed by atoms with Gasteiger partial charge in [0.05, 0.1) is 23.7 Å². The van der Waals surface area contributed by atoms with E-state index in [1.54, 1.807) is 0 Å². The molecular weight excluding hydrogens is 558 g/mol. The topological polar surface area (TPSA) is 46.3 Å². The first-order valence-electron chi connectivity index (χ1n) is 14.7. The predicted molar refractivity (Wildman–Crippen MR) is 173 cm³/mol. The summed E-state index contributed by atoms with van der Waals surface area (Å²) in [6.07, 6.45) is 15.2. The summed E-state index contributed by atoms with van der Waals surface area (Å²) in [6, 6.07) is 28.1. The van der Waals surface area contributed by atoms with Crippen LogP contribution >= 0.6 is 15.9 Å². The Labute approximate surface area is 247 Å². The molecule has 0 aromatic heterocycles. The highest BCUT2D eigenvalue weighted by molar-refractivity contribution is 9.10. The summed E-state index contributed by atoms with van der Waals surface area (Å²) in [6.45, 7) is 3.05. The number of hydrogen-bond donors (Lipinski definition) is 0. The van der Waals surface area contributed by atoms with Gasteiger partial charge in [-0.05, 0) is 72.6 Å². The van der Waals surface area contributed by atoms with Crippen LogP contribution < -0.4 is 4.74 Å². The first-order valence-corrected chi connectivity index (χ1v) is 15.5. The summed E-state index contributed by atoms with van der Waals surface area (Å²) in [5.41, 5.74) is 3.57. The summed E-state index contributed by atoms with van der Waals surface area (Å²) in [5.74, 6) is 0.916. The van der Waals surface area contributed by atoms with Crippen molar-refractivity contribution in [2.24, 2.45) is 15.2 Å². The number of nitrogens with zero attached hydrogens (tertiary/aromatic N) is 3. The Morgan fingerprint density at radius 1 is 0.625 bits per heavy atom. The molecule has 0 bridgehead atoms.